The average Bonchev–Trinajstić information content (AvgIpc) is 3.44. The van der Waals surface area contributed by atoms with E-state index in [9.17, 15) is 9.18 Å². The Labute approximate surface area is 156 Å². The van der Waals surface area contributed by atoms with Gasteiger partial charge in [0.15, 0.2) is 18.2 Å². The van der Waals surface area contributed by atoms with Crippen molar-refractivity contribution in [3.05, 3.63) is 36.3 Å². The van der Waals surface area contributed by atoms with Gasteiger partial charge in [-0.05, 0) is 44.2 Å². The van der Waals surface area contributed by atoms with Gasteiger partial charge in [0, 0.05) is 23.8 Å². The number of hydrogen-bond donors (Lipinski definition) is 3. The van der Waals surface area contributed by atoms with E-state index in [4.69, 9.17) is 4.74 Å². The molecule has 0 spiro atoms. The van der Waals surface area contributed by atoms with Crippen LogP contribution in [-0.2, 0) is 4.79 Å². The molecule has 0 saturated heterocycles. The number of ether oxygens (including phenoxy) is 1. The van der Waals surface area contributed by atoms with Crippen molar-refractivity contribution in [2.75, 3.05) is 17.2 Å². The molecule has 142 valence electrons. The normalized spacial score (nSPS) is 16.3. The van der Waals surface area contributed by atoms with E-state index >= 15 is 0 Å². The van der Waals surface area contributed by atoms with E-state index in [0.717, 1.165) is 31.9 Å². The first-order chi connectivity index (χ1) is 13.2. The zero-order valence-electron chi connectivity index (χ0n) is 14.9. The first kappa shape index (κ1) is 17.5. The highest BCUT2D eigenvalue weighted by molar-refractivity contribution is 5.78. The number of nitrogens with zero attached hydrogens (tertiary/aromatic N) is 2. The summed E-state index contributed by atoms with van der Waals surface area (Å²) in [5.41, 5.74) is 0.691. The summed E-state index contributed by atoms with van der Waals surface area (Å²) in [4.78, 5) is 20.0. The summed E-state index contributed by atoms with van der Waals surface area (Å²) in [6.07, 6.45) is 6.45. The molecule has 2 saturated carbocycles. The van der Waals surface area contributed by atoms with E-state index in [1.165, 1.54) is 6.42 Å². The molecule has 2 aliphatic carbocycles. The second-order valence-corrected chi connectivity index (χ2v) is 6.95. The van der Waals surface area contributed by atoms with Gasteiger partial charge >= 0.3 is 0 Å². The van der Waals surface area contributed by atoms with E-state index < -0.39 is 5.82 Å². The van der Waals surface area contributed by atoms with E-state index in [-0.39, 0.29) is 18.3 Å². The van der Waals surface area contributed by atoms with E-state index in [2.05, 4.69) is 25.9 Å². The molecule has 0 unspecified atom stereocenters. The number of rotatable bonds is 8. The molecule has 0 atom stereocenters. The summed E-state index contributed by atoms with van der Waals surface area (Å²) in [5.74, 6) is 0.467. The zero-order chi connectivity index (χ0) is 18.6. The molecule has 3 N–H and O–H groups in total. The Balaban J connectivity index is 1.35. The quantitative estimate of drug-likeness (QED) is 0.661. The fourth-order valence-corrected chi connectivity index (χ4v) is 2.71. The largest absolute Gasteiger partial charge is 0.484 e. The molecule has 8 heteroatoms. The third-order valence-corrected chi connectivity index (χ3v) is 4.59. The number of benzene rings is 1. The van der Waals surface area contributed by atoms with Crippen LogP contribution in [0.1, 0.15) is 32.1 Å². The van der Waals surface area contributed by atoms with Crippen LogP contribution in [0.3, 0.4) is 0 Å². The van der Waals surface area contributed by atoms with Crippen molar-refractivity contribution in [1.29, 1.82) is 0 Å². The molecule has 7 nitrogen and oxygen atoms in total. The van der Waals surface area contributed by atoms with Crippen molar-refractivity contribution in [2.24, 2.45) is 0 Å². The van der Waals surface area contributed by atoms with Crippen molar-refractivity contribution < 1.29 is 13.9 Å². The predicted molar refractivity (Wildman–Crippen MR) is 99.6 cm³/mol. The number of nitrogens with one attached hydrogen (secondary N) is 3. The van der Waals surface area contributed by atoms with Crippen molar-refractivity contribution >= 4 is 23.4 Å². The van der Waals surface area contributed by atoms with Gasteiger partial charge in [0.05, 0.1) is 6.20 Å². The van der Waals surface area contributed by atoms with Crippen LogP contribution in [-0.4, -0.2) is 34.6 Å². The number of halogens is 1. The van der Waals surface area contributed by atoms with Crippen LogP contribution < -0.4 is 20.7 Å². The zero-order valence-corrected chi connectivity index (χ0v) is 14.9. The number of amides is 1. The highest BCUT2D eigenvalue weighted by atomic mass is 19.1. The second kappa shape index (κ2) is 7.77. The Bertz CT molecular complexity index is 823. The van der Waals surface area contributed by atoms with Crippen LogP contribution in [0, 0.1) is 5.82 Å². The number of aromatic nitrogens is 2. The van der Waals surface area contributed by atoms with Crippen LogP contribution >= 0.6 is 0 Å². The Morgan fingerprint density at radius 1 is 1.22 bits per heavy atom. The van der Waals surface area contributed by atoms with Gasteiger partial charge < -0.3 is 20.7 Å². The molecule has 27 heavy (non-hydrogen) atoms. The highest BCUT2D eigenvalue weighted by Crippen LogP contribution is 2.26. The summed E-state index contributed by atoms with van der Waals surface area (Å²) in [7, 11) is 0. The van der Waals surface area contributed by atoms with Crippen LogP contribution in [0.4, 0.5) is 21.8 Å². The van der Waals surface area contributed by atoms with Gasteiger partial charge in [0.25, 0.3) is 5.91 Å². The van der Waals surface area contributed by atoms with Crippen LogP contribution in [0.2, 0.25) is 0 Å². The fraction of sp³-hybridized carbons (Fsp3) is 0.421. The van der Waals surface area contributed by atoms with Crippen molar-refractivity contribution in [3.8, 4) is 5.75 Å². The van der Waals surface area contributed by atoms with E-state index in [1.54, 1.807) is 18.2 Å². The van der Waals surface area contributed by atoms with Gasteiger partial charge in [-0.2, -0.15) is 4.98 Å². The minimum atomic E-state index is -0.470. The lowest BCUT2D eigenvalue weighted by Gasteiger charge is -2.26. The minimum Gasteiger partial charge on any atom is -0.484 e. The summed E-state index contributed by atoms with van der Waals surface area (Å²) in [6.45, 7) is -0.0253. The molecule has 4 rings (SSSR count). The molecule has 1 aromatic heterocycles. The SMILES string of the molecule is O=C(COc1cccc(Nc2ncc(F)c(NC3CC3)n2)c1)NC1CCC1. The molecule has 2 aliphatic rings. The lowest BCUT2D eigenvalue weighted by Crippen LogP contribution is -2.41. The molecule has 2 fully saturated rings. The number of hydrogen-bond acceptors (Lipinski definition) is 6. The van der Waals surface area contributed by atoms with Crippen molar-refractivity contribution in [1.82, 2.24) is 15.3 Å². The molecule has 1 heterocycles. The number of anilines is 3. The highest BCUT2D eigenvalue weighted by Gasteiger charge is 2.23. The van der Waals surface area contributed by atoms with Crippen molar-refractivity contribution in [3.63, 3.8) is 0 Å². The van der Waals surface area contributed by atoms with Gasteiger partial charge in [-0.25, -0.2) is 9.37 Å². The monoisotopic (exact) mass is 371 g/mol. The standard InChI is InChI=1S/C19H22FN5O2/c20-16-10-21-19(25-18(16)23-13-7-8-13)24-14-5-2-6-15(9-14)27-11-17(26)22-12-3-1-4-12/h2,5-6,9-10,12-13H,1,3-4,7-8,11H2,(H,22,26)(H2,21,23,24,25). The smallest absolute Gasteiger partial charge is 0.258 e. The Morgan fingerprint density at radius 3 is 2.81 bits per heavy atom. The Hall–Kier alpha value is -2.90. The molecule has 0 bridgehead atoms. The molecule has 1 aromatic carbocycles. The molecule has 0 aliphatic heterocycles. The topological polar surface area (TPSA) is 88.2 Å². The van der Waals surface area contributed by atoms with Gasteiger partial charge in [-0.1, -0.05) is 6.07 Å². The van der Waals surface area contributed by atoms with Gasteiger partial charge in [0.1, 0.15) is 5.75 Å². The summed E-state index contributed by atoms with van der Waals surface area (Å²) >= 11 is 0. The maximum Gasteiger partial charge on any atom is 0.258 e. The number of carbonyl (C=O) groups excluding carboxylic acids is 1. The molecule has 2 aromatic rings. The van der Waals surface area contributed by atoms with Gasteiger partial charge in [-0.15, -0.1) is 0 Å². The molecule has 0 radical (unpaired) electrons. The summed E-state index contributed by atoms with van der Waals surface area (Å²) < 4.78 is 19.3. The predicted octanol–water partition coefficient (Wildman–Crippen LogP) is 2.98. The van der Waals surface area contributed by atoms with Crippen LogP contribution in [0.5, 0.6) is 5.75 Å². The van der Waals surface area contributed by atoms with Crippen molar-refractivity contribution in [2.45, 2.75) is 44.2 Å². The number of carbonyl (C=O) groups is 1. The fourth-order valence-electron chi connectivity index (χ4n) is 2.71. The second-order valence-electron chi connectivity index (χ2n) is 6.95. The maximum atomic E-state index is 13.8. The lowest BCUT2D eigenvalue weighted by molar-refractivity contribution is -0.124. The van der Waals surface area contributed by atoms with Crippen LogP contribution in [0.25, 0.3) is 0 Å². The Kier molecular flexibility index (Phi) is 5.04. The average molecular weight is 371 g/mol. The van der Waals surface area contributed by atoms with E-state index in [1.807, 2.05) is 6.07 Å². The molecular formula is C19H22FN5O2. The minimum absolute atomic E-state index is 0.0253. The van der Waals surface area contributed by atoms with Crippen LogP contribution in [0.15, 0.2) is 30.5 Å². The van der Waals surface area contributed by atoms with E-state index in [0.29, 0.717) is 29.5 Å². The third kappa shape index (κ3) is 4.84. The maximum absolute atomic E-state index is 13.8. The summed E-state index contributed by atoms with van der Waals surface area (Å²) in [5, 5.41) is 9.01. The lowest BCUT2D eigenvalue weighted by atomic mass is 9.93. The first-order valence-electron chi connectivity index (χ1n) is 9.24. The summed E-state index contributed by atoms with van der Waals surface area (Å²) in [6, 6.07) is 7.73. The Morgan fingerprint density at radius 2 is 2.07 bits per heavy atom. The first-order valence-corrected chi connectivity index (χ1v) is 9.24. The van der Waals surface area contributed by atoms with Gasteiger partial charge in [0.2, 0.25) is 5.95 Å². The molecular weight excluding hydrogens is 349 g/mol. The third-order valence-electron chi connectivity index (χ3n) is 4.59. The molecule has 1 amide bonds. The van der Waals surface area contributed by atoms with Gasteiger partial charge in [-0.3, -0.25) is 4.79 Å².